The van der Waals surface area contributed by atoms with Gasteiger partial charge in [0, 0.05) is 24.2 Å². The molecule has 10 heteroatoms. The maximum atomic E-state index is 9.67. The van der Waals surface area contributed by atoms with E-state index in [4.69, 9.17) is 19.8 Å². The van der Waals surface area contributed by atoms with Gasteiger partial charge in [-0.05, 0) is 64.5 Å². The highest BCUT2D eigenvalue weighted by Crippen LogP contribution is 2.32. The van der Waals surface area contributed by atoms with E-state index in [0.717, 1.165) is 61.5 Å². The molecule has 2 aliphatic heterocycles. The van der Waals surface area contributed by atoms with E-state index in [1.807, 2.05) is 27.7 Å². The number of pyridine rings is 2. The van der Waals surface area contributed by atoms with Gasteiger partial charge < -0.3 is 31.1 Å². The normalized spacial score (nSPS) is 13.5. The van der Waals surface area contributed by atoms with Gasteiger partial charge in [-0.2, -0.15) is 0 Å². The van der Waals surface area contributed by atoms with Gasteiger partial charge in [0.2, 0.25) is 0 Å². The number of hydrogen-bond donors (Lipinski definition) is 6. The molecule has 4 heterocycles. The summed E-state index contributed by atoms with van der Waals surface area (Å²) in [6, 6.07) is 0. The molecule has 10 nitrogen and oxygen atoms in total. The number of anilines is 2. The first-order valence-corrected chi connectivity index (χ1v) is 10.4. The van der Waals surface area contributed by atoms with Crippen LogP contribution in [0.4, 0.5) is 11.6 Å². The summed E-state index contributed by atoms with van der Waals surface area (Å²) in [5.41, 5.74) is 5.74. The van der Waals surface area contributed by atoms with Crippen molar-refractivity contribution in [3.05, 3.63) is 33.6 Å². The molecule has 0 unspecified atom stereocenters. The average molecular weight is 447 g/mol. The molecule has 6 N–H and O–H groups in total. The minimum Gasteiger partial charge on any atom is -0.506 e. The second-order valence-corrected chi connectivity index (χ2v) is 7.67. The van der Waals surface area contributed by atoms with E-state index in [0.29, 0.717) is 22.9 Å². The first kappa shape index (κ1) is 24.7. The zero-order chi connectivity index (χ0) is 24.0. The molecule has 174 valence electrons. The highest BCUT2D eigenvalue weighted by molar-refractivity contribution is 6.27. The molecule has 4 rings (SSSR count). The summed E-state index contributed by atoms with van der Waals surface area (Å²) in [6.07, 6.45) is 4.29. The Bertz CT molecular complexity index is 941. The second-order valence-electron chi connectivity index (χ2n) is 7.67. The van der Waals surface area contributed by atoms with Crippen LogP contribution in [0.2, 0.25) is 0 Å². The first-order chi connectivity index (χ1) is 15.0. The van der Waals surface area contributed by atoms with Crippen molar-refractivity contribution in [1.29, 1.82) is 0 Å². The summed E-state index contributed by atoms with van der Waals surface area (Å²) in [5, 5.41) is 40.6. The lowest BCUT2D eigenvalue weighted by molar-refractivity contribution is -0.159. The summed E-state index contributed by atoms with van der Waals surface area (Å²) in [4.78, 5) is 26.8. The van der Waals surface area contributed by atoms with Gasteiger partial charge in [0.15, 0.2) is 0 Å². The standard InChI is InChI=1S/2C10H14N2O.C2H2O4/c2*1-6-8-4-3-5-11-10(8)12-7(2)9(6)13;3-1(4)2(5)6/h2*13H,3-5H2,1-2H3,(H,11,12);(H,3,4)(H,5,6). The van der Waals surface area contributed by atoms with Gasteiger partial charge in [0.05, 0.1) is 11.4 Å². The lowest BCUT2D eigenvalue weighted by Crippen LogP contribution is -2.15. The van der Waals surface area contributed by atoms with E-state index in [1.165, 1.54) is 11.1 Å². The number of aryl methyl sites for hydroxylation is 2. The van der Waals surface area contributed by atoms with E-state index < -0.39 is 11.9 Å². The molecule has 2 aromatic heterocycles. The number of carboxylic acid groups (broad SMARTS) is 2. The van der Waals surface area contributed by atoms with Crippen LogP contribution in [0.5, 0.6) is 11.5 Å². The van der Waals surface area contributed by atoms with Crippen LogP contribution in [0.3, 0.4) is 0 Å². The third kappa shape index (κ3) is 5.77. The summed E-state index contributed by atoms with van der Waals surface area (Å²) in [6.45, 7) is 9.55. The summed E-state index contributed by atoms with van der Waals surface area (Å²) < 4.78 is 0. The molecule has 0 amide bonds. The van der Waals surface area contributed by atoms with Gasteiger partial charge in [-0.15, -0.1) is 0 Å². The highest BCUT2D eigenvalue weighted by Gasteiger charge is 2.17. The summed E-state index contributed by atoms with van der Waals surface area (Å²) in [5.74, 6) is -1.03. The van der Waals surface area contributed by atoms with Crippen molar-refractivity contribution in [1.82, 2.24) is 9.97 Å². The summed E-state index contributed by atoms with van der Waals surface area (Å²) >= 11 is 0. The monoisotopic (exact) mass is 446 g/mol. The number of aromatic nitrogens is 2. The maximum absolute atomic E-state index is 9.67. The Morgan fingerprint density at radius 2 is 1.06 bits per heavy atom. The van der Waals surface area contributed by atoms with Gasteiger partial charge in [0.25, 0.3) is 0 Å². The maximum Gasteiger partial charge on any atom is 0.414 e. The molecule has 0 aromatic carbocycles. The van der Waals surface area contributed by atoms with E-state index in [2.05, 4.69) is 20.6 Å². The first-order valence-electron chi connectivity index (χ1n) is 10.4. The van der Waals surface area contributed by atoms with Crippen LogP contribution < -0.4 is 10.6 Å². The van der Waals surface area contributed by atoms with Crippen LogP contribution in [0.15, 0.2) is 0 Å². The minimum absolute atomic E-state index is 0.349. The van der Waals surface area contributed by atoms with Crippen LogP contribution in [-0.4, -0.2) is 55.4 Å². The molecule has 0 fully saturated rings. The van der Waals surface area contributed by atoms with Crippen molar-refractivity contribution in [2.45, 2.75) is 53.4 Å². The smallest absolute Gasteiger partial charge is 0.414 e. The Morgan fingerprint density at radius 3 is 1.38 bits per heavy atom. The number of carbonyl (C=O) groups is 2. The predicted octanol–water partition coefficient (Wildman–Crippen LogP) is 2.68. The molecule has 0 bridgehead atoms. The Balaban J connectivity index is 0.000000183. The van der Waals surface area contributed by atoms with Crippen LogP contribution in [0.1, 0.15) is 46.5 Å². The molecule has 0 spiro atoms. The number of nitrogens with zero attached hydrogens (tertiary/aromatic N) is 2. The average Bonchev–Trinajstić information content (AvgIpc) is 2.77. The number of hydrogen-bond acceptors (Lipinski definition) is 8. The molecular formula is C22H30N4O6. The molecule has 2 aliphatic rings. The molecular weight excluding hydrogens is 416 g/mol. The van der Waals surface area contributed by atoms with Crippen molar-refractivity contribution in [2.24, 2.45) is 0 Å². The fourth-order valence-electron chi connectivity index (χ4n) is 3.61. The summed E-state index contributed by atoms with van der Waals surface area (Å²) in [7, 11) is 0. The van der Waals surface area contributed by atoms with Gasteiger partial charge in [0.1, 0.15) is 23.1 Å². The third-order valence-electron chi connectivity index (χ3n) is 5.41. The van der Waals surface area contributed by atoms with Gasteiger partial charge >= 0.3 is 11.9 Å². The fraction of sp³-hybridized carbons (Fsp3) is 0.455. The lowest BCUT2D eigenvalue weighted by Gasteiger charge is -2.20. The van der Waals surface area contributed by atoms with Crippen molar-refractivity contribution in [3.63, 3.8) is 0 Å². The molecule has 0 aliphatic carbocycles. The SMILES string of the molecule is Cc1nc2c(c(C)c1O)CCCN2.Cc1nc2c(c(C)c1O)CCCN2.O=C(O)C(=O)O. The van der Waals surface area contributed by atoms with Crippen molar-refractivity contribution >= 4 is 23.6 Å². The van der Waals surface area contributed by atoms with E-state index in [9.17, 15) is 10.2 Å². The van der Waals surface area contributed by atoms with Crippen LogP contribution >= 0.6 is 0 Å². The van der Waals surface area contributed by atoms with E-state index in [1.54, 1.807) is 0 Å². The fourth-order valence-corrected chi connectivity index (χ4v) is 3.61. The van der Waals surface area contributed by atoms with Crippen molar-refractivity contribution < 1.29 is 30.0 Å². The zero-order valence-corrected chi connectivity index (χ0v) is 18.7. The Labute approximate surface area is 186 Å². The number of fused-ring (bicyclic) bond motifs is 2. The number of rotatable bonds is 0. The van der Waals surface area contributed by atoms with E-state index >= 15 is 0 Å². The number of aliphatic carboxylic acids is 2. The number of nitrogens with one attached hydrogen (secondary N) is 2. The molecule has 2 aromatic rings. The largest absolute Gasteiger partial charge is 0.506 e. The van der Waals surface area contributed by atoms with Gasteiger partial charge in [-0.25, -0.2) is 19.6 Å². The molecule has 0 radical (unpaired) electrons. The Kier molecular flexibility index (Phi) is 8.22. The highest BCUT2D eigenvalue weighted by atomic mass is 16.4. The number of carboxylic acids is 2. The zero-order valence-electron chi connectivity index (χ0n) is 18.7. The van der Waals surface area contributed by atoms with Crippen LogP contribution in [-0.2, 0) is 22.4 Å². The minimum atomic E-state index is -1.82. The van der Waals surface area contributed by atoms with E-state index in [-0.39, 0.29) is 0 Å². The Morgan fingerprint density at radius 1 is 0.719 bits per heavy atom. The number of aromatic hydroxyl groups is 2. The van der Waals surface area contributed by atoms with Crippen molar-refractivity contribution in [2.75, 3.05) is 23.7 Å². The van der Waals surface area contributed by atoms with Gasteiger partial charge in [-0.1, -0.05) is 0 Å². The molecule has 32 heavy (non-hydrogen) atoms. The van der Waals surface area contributed by atoms with Gasteiger partial charge in [-0.3, -0.25) is 0 Å². The second kappa shape index (κ2) is 10.7. The van der Waals surface area contributed by atoms with Crippen LogP contribution in [0, 0.1) is 27.7 Å². The third-order valence-corrected chi connectivity index (χ3v) is 5.41. The topological polar surface area (TPSA) is 165 Å². The van der Waals surface area contributed by atoms with Crippen molar-refractivity contribution in [3.8, 4) is 11.5 Å². The molecule has 0 atom stereocenters. The molecule has 0 saturated heterocycles. The Hall–Kier alpha value is -3.56. The lowest BCUT2D eigenvalue weighted by atomic mass is 10.0. The quantitative estimate of drug-likeness (QED) is 0.331. The predicted molar refractivity (Wildman–Crippen MR) is 120 cm³/mol. The molecule has 0 saturated carbocycles. The van der Waals surface area contributed by atoms with Crippen LogP contribution in [0.25, 0.3) is 0 Å².